The summed E-state index contributed by atoms with van der Waals surface area (Å²) in [4.78, 5) is 14.8. The Kier molecular flexibility index (Phi) is 6.15. The van der Waals surface area contributed by atoms with Gasteiger partial charge in [0.2, 0.25) is 0 Å². The van der Waals surface area contributed by atoms with E-state index in [1.54, 1.807) is 0 Å². The van der Waals surface area contributed by atoms with Crippen LogP contribution in [0.4, 0.5) is 0 Å². The van der Waals surface area contributed by atoms with Crippen LogP contribution in [0, 0.1) is 0 Å². The molecule has 228 valence electrons. The minimum Gasteiger partial charge on any atom is -0.290 e. The first-order valence-electron chi connectivity index (χ1n) is 16.5. The third kappa shape index (κ3) is 4.49. The van der Waals surface area contributed by atoms with Crippen LogP contribution in [-0.4, -0.2) is 19.4 Å². The van der Waals surface area contributed by atoms with Crippen molar-refractivity contribution >= 4 is 48.9 Å². The third-order valence-electron chi connectivity index (χ3n) is 9.64. The van der Waals surface area contributed by atoms with E-state index in [1.165, 1.54) is 43.8 Å². The van der Waals surface area contributed by atoms with E-state index in [2.05, 4.69) is 126 Å². The molecule has 0 aliphatic carbocycles. The lowest BCUT2D eigenvalue weighted by molar-refractivity contribution is 1.22. The molecule has 4 aromatic heterocycles. The highest BCUT2D eigenvalue weighted by molar-refractivity contribution is 6.14. The van der Waals surface area contributed by atoms with Crippen molar-refractivity contribution in [3.05, 3.63) is 170 Å². The van der Waals surface area contributed by atoms with Crippen LogP contribution in [0.25, 0.3) is 93.9 Å². The normalized spacial score (nSPS) is 11.7. The van der Waals surface area contributed by atoms with Crippen LogP contribution >= 0.6 is 0 Å². The van der Waals surface area contributed by atoms with Crippen molar-refractivity contribution in [2.45, 2.75) is 0 Å². The maximum absolute atomic E-state index is 5.29. The molecule has 0 N–H and O–H groups in total. The van der Waals surface area contributed by atoms with Gasteiger partial charge in [-0.2, -0.15) is 0 Å². The Balaban J connectivity index is 1.14. The van der Waals surface area contributed by atoms with Crippen LogP contribution in [0.3, 0.4) is 0 Å². The van der Waals surface area contributed by atoms with Gasteiger partial charge in [0.15, 0.2) is 0 Å². The van der Waals surface area contributed by atoms with E-state index in [9.17, 15) is 0 Å². The van der Waals surface area contributed by atoms with Crippen LogP contribution in [0.2, 0.25) is 0 Å². The van der Waals surface area contributed by atoms with E-state index in [1.807, 2.05) is 48.8 Å². The summed E-state index contributed by atoms with van der Waals surface area (Å²) in [6.07, 6.45) is 3.65. The van der Waals surface area contributed by atoms with Crippen molar-refractivity contribution in [3.63, 3.8) is 0 Å². The zero-order valence-electron chi connectivity index (χ0n) is 26.5. The quantitative estimate of drug-likeness (QED) is 0.183. The van der Waals surface area contributed by atoms with E-state index in [4.69, 9.17) is 15.0 Å². The Labute approximate surface area is 282 Å². The van der Waals surface area contributed by atoms with Gasteiger partial charge in [0.25, 0.3) is 0 Å². The Morgan fingerprint density at radius 1 is 0.388 bits per heavy atom. The van der Waals surface area contributed by atoms with Crippen molar-refractivity contribution in [2.75, 3.05) is 0 Å². The number of imidazole rings is 1. The van der Waals surface area contributed by atoms with E-state index in [0.717, 1.165) is 50.1 Å². The average molecular weight is 625 g/mol. The standard InChI is InChI=1S/C45H28N4/c1-2-10-30-25-31(16-15-29(30)9-1)32-17-18-34-27-35(20-19-33(34)26-32)36-21-22-38-39(28-36)37-11-3-4-14-42(37)49-44(41-13-6-8-24-47-41)43(48-45(38)49)40-12-5-7-23-46-40/h1-28H. The van der Waals surface area contributed by atoms with Gasteiger partial charge in [0.05, 0.1) is 16.9 Å². The number of aromatic nitrogens is 4. The first kappa shape index (κ1) is 27.5. The van der Waals surface area contributed by atoms with Gasteiger partial charge >= 0.3 is 0 Å². The fourth-order valence-electron chi connectivity index (χ4n) is 7.27. The number of pyridine rings is 3. The average Bonchev–Trinajstić information content (AvgIpc) is 3.59. The topological polar surface area (TPSA) is 43.1 Å². The summed E-state index contributed by atoms with van der Waals surface area (Å²) in [5.74, 6) is 0. The highest BCUT2D eigenvalue weighted by atomic mass is 15.1. The summed E-state index contributed by atoms with van der Waals surface area (Å²) in [7, 11) is 0. The first-order valence-corrected chi connectivity index (χ1v) is 16.5. The predicted octanol–water partition coefficient (Wildman–Crippen LogP) is 11.4. The molecule has 0 saturated carbocycles. The van der Waals surface area contributed by atoms with Gasteiger partial charge in [-0.05, 0) is 110 Å². The maximum atomic E-state index is 5.29. The number of para-hydroxylation sites is 1. The van der Waals surface area contributed by atoms with Crippen molar-refractivity contribution in [1.82, 2.24) is 19.4 Å². The van der Waals surface area contributed by atoms with Gasteiger partial charge in [0.1, 0.15) is 17.0 Å². The van der Waals surface area contributed by atoms with Crippen molar-refractivity contribution in [3.8, 4) is 45.0 Å². The molecule has 0 atom stereocenters. The highest BCUT2D eigenvalue weighted by Gasteiger charge is 2.22. The Hall–Kier alpha value is -6.65. The molecule has 4 heteroatoms. The second-order valence-corrected chi connectivity index (χ2v) is 12.5. The maximum Gasteiger partial charge on any atom is 0.146 e. The number of benzene rings is 6. The van der Waals surface area contributed by atoms with E-state index in [0.29, 0.717) is 0 Å². The SMILES string of the molecule is c1ccc(-c2nc3c4ccc(-c5ccc6cc(-c7ccc8ccccc8c7)ccc6c5)cc4c4ccccc4n3c2-c2ccccn2)nc1. The smallest absolute Gasteiger partial charge is 0.146 e. The molecule has 0 radical (unpaired) electrons. The fraction of sp³-hybridized carbons (Fsp3) is 0. The molecule has 0 aliphatic rings. The summed E-state index contributed by atoms with van der Waals surface area (Å²) in [6, 6.07) is 56.1. The number of hydrogen-bond donors (Lipinski definition) is 0. The summed E-state index contributed by atoms with van der Waals surface area (Å²) in [5, 5.41) is 8.37. The molecule has 0 unspecified atom stereocenters. The first-order chi connectivity index (χ1) is 24.3. The summed E-state index contributed by atoms with van der Waals surface area (Å²) in [5.41, 5.74) is 10.2. The van der Waals surface area contributed by atoms with Gasteiger partial charge in [-0.15, -0.1) is 0 Å². The zero-order valence-corrected chi connectivity index (χ0v) is 26.5. The minimum absolute atomic E-state index is 0.818. The van der Waals surface area contributed by atoms with Gasteiger partial charge in [0, 0.05) is 23.2 Å². The largest absolute Gasteiger partial charge is 0.290 e. The molecule has 0 fully saturated rings. The predicted molar refractivity (Wildman–Crippen MR) is 203 cm³/mol. The van der Waals surface area contributed by atoms with Crippen LogP contribution < -0.4 is 0 Å². The lowest BCUT2D eigenvalue weighted by atomic mass is 9.95. The zero-order chi connectivity index (χ0) is 32.3. The van der Waals surface area contributed by atoms with Crippen molar-refractivity contribution in [1.29, 1.82) is 0 Å². The van der Waals surface area contributed by atoms with Crippen LogP contribution in [0.5, 0.6) is 0 Å². The third-order valence-corrected chi connectivity index (χ3v) is 9.64. The Morgan fingerprint density at radius 3 is 1.63 bits per heavy atom. The number of rotatable bonds is 4. The molecule has 0 aliphatic heterocycles. The molecule has 4 heterocycles. The Bertz CT molecular complexity index is 2870. The van der Waals surface area contributed by atoms with Crippen LogP contribution in [-0.2, 0) is 0 Å². The lowest BCUT2D eigenvalue weighted by Crippen LogP contribution is -1.96. The molecule has 49 heavy (non-hydrogen) atoms. The minimum atomic E-state index is 0.818. The van der Waals surface area contributed by atoms with Gasteiger partial charge in [-0.3, -0.25) is 14.4 Å². The molecule has 0 bridgehead atoms. The lowest BCUT2D eigenvalue weighted by Gasteiger charge is -2.13. The van der Waals surface area contributed by atoms with Crippen LogP contribution in [0.15, 0.2) is 170 Å². The molecule has 4 nitrogen and oxygen atoms in total. The van der Waals surface area contributed by atoms with Crippen molar-refractivity contribution < 1.29 is 0 Å². The molecule has 10 rings (SSSR count). The number of fused-ring (bicyclic) bond motifs is 8. The summed E-state index contributed by atoms with van der Waals surface area (Å²) in [6.45, 7) is 0. The van der Waals surface area contributed by atoms with E-state index in [-0.39, 0.29) is 0 Å². The highest BCUT2D eigenvalue weighted by Crippen LogP contribution is 2.39. The fourth-order valence-corrected chi connectivity index (χ4v) is 7.27. The van der Waals surface area contributed by atoms with Gasteiger partial charge < -0.3 is 0 Å². The molecule has 0 saturated heterocycles. The van der Waals surface area contributed by atoms with Gasteiger partial charge in [-0.1, -0.05) is 97.1 Å². The van der Waals surface area contributed by atoms with Gasteiger partial charge in [-0.25, -0.2) is 4.98 Å². The molecular formula is C45H28N4. The van der Waals surface area contributed by atoms with Crippen LogP contribution in [0.1, 0.15) is 0 Å². The molecule has 10 aromatic rings. The molecular weight excluding hydrogens is 597 g/mol. The second kappa shape index (κ2) is 11.0. The number of nitrogens with zero attached hydrogens (tertiary/aromatic N) is 4. The van der Waals surface area contributed by atoms with E-state index < -0.39 is 0 Å². The van der Waals surface area contributed by atoms with Crippen molar-refractivity contribution in [2.24, 2.45) is 0 Å². The molecule has 6 aromatic carbocycles. The second-order valence-electron chi connectivity index (χ2n) is 12.5. The molecule has 0 amide bonds. The number of hydrogen-bond acceptors (Lipinski definition) is 3. The summed E-state index contributed by atoms with van der Waals surface area (Å²) < 4.78 is 2.26. The summed E-state index contributed by atoms with van der Waals surface area (Å²) >= 11 is 0. The molecule has 0 spiro atoms. The van der Waals surface area contributed by atoms with E-state index >= 15 is 0 Å². The monoisotopic (exact) mass is 624 g/mol. The Morgan fingerprint density at radius 2 is 0.939 bits per heavy atom.